The van der Waals surface area contributed by atoms with Gasteiger partial charge in [-0.25, -0.2) is 4.39 Å². The molecular weight excluding hydrogens is 423 g/mol. The molecule has 0 spiro atoms. The molecule has 2 rings (SSSR count). The first-order valence-corrected chi connectivity index (χ1v) is 10.8. The quantitative estimate of drug-likeness (QED) is 0.307. The van der Waals surface area contributed by atoms with Gasteiger partial charge in [0.05, 0.1) is 17.1 Å². The molecule has 0 aliphatic carbocycles. The van der Waals surface area contributed by atoms with E-state index in [-0.39, 0.29) is 5.82 Å². The molecule has 0 aliphatic heterocycles. The number of benzene rings is 2. The number of nitrogens with two attached hydrogens (primary N) is 1. The molecule has 0 atom stereocenters. The van der Waals surface area contributed by atoms with Crippen LogP contribution in [0.25, 0.3) is 0 Å². The predicted octanol–water partition coefficient (Wildman–Crippen LogP) is 5.98. The fraction of sp³-hybridized carbons (Fsp3) is 0.192. The Morgan fingerprint density at radius 3 is 2.47 bits per heavy atom. The highest BCUT2D eigenvalue weighted by molar-refractivity contribution is 6.30. The van der Waals surface area contributed by atoms with E-state index < -0.39 is 0 Å². The van der Waals surface area contributed by atoms with Gasteiger partial charge in [0.2, 0.25) is 0 Å². The highest BCUT2D eigenvalue weighted by atomic mass is 35.5. The molecule has 0 aliphatic rings. The van der Waals surface area contributed by atoms with Gasteiger partial charge in [-0.2, -0.15) is 0 Å². The van der Waals surface area contributed by atoms with E-state index >= 15 is 0 Å². The van der Waals surface area contributed by atoms with Crippen molar-refractivity contribution in [3.8, 4) is 0 Å². The van der Waals surface area contributed by atoms with Gasteiger partial charge in [-0.1, -0.05) is 36.4 Å². The van der Waals surface area contributed by atoms with Crippen LogP contribution >= 0.6 is 11.6 Å². The van der Waals surface area contributed by atoms with Gasteiger partial charge in [-0.05, 0) is 74.2 Å². The summed E-state index contributed by atoms with van der Waals surface area (Å²) < 4.78 is 13.2. The summed E-state index contributed by atoms with van der Waals surface area (Å²) in [5.41, 5.74) is 10.2. The molecule has 0 saturated heterocycles. The number of nitrogens with zero attached hydrogens (tertiary/aromatic N) is 2. The fourth-order valence-electron chi connectivity index (χ4n) is 3.02. The van der Waals surface area contributed by atoms with Gasteiger partial charge >= 0.3 is 0 Å². The van der Waals surface area contributed by atoms with Gasteiger partial charge in [-0.3, -0.25) is 4.99 Å². The number of hydrogen-bond acceptors (Lipinski definition) is 4. The van der Waals surface area contributed by atoms with Crippen molar-refractivity contribution in [2.45, 2.75) is 19.8 Å². The van der Waals surface area contributed by atoms with Crippen LogP contribution in [0, 0.1) is 5.82 Å². The number of anilines is 1. The normalized spacial score (nSPS) is 12.4. The smallest absolute Gasteiger partial charge is 0.123 e. The Hall–Kier alpha value is -3.31. The van der Waals surface area contributed by atoms with Crippen LogP contribution in [-0.2, 0) is 6.42 Å². The van der Waals surface area contributed by atoms with E-state index in [1.807, 2.05) is 49.5 Å². The number of nitrogens with one attached hydrogen (secondary N) is 1. The number of aliphatic imine (C=N–C) groups is 1. The Balaban J connectivity index is 2.16. The molecule has 0 amide bonds. The maximum Gasteiger partial charge on any atom is 0.123 e. The van der Waals surface area contributed by atoms with E-state index in [1.54, 1.807) is 18.2 Å². The Morgan fingerprint density at radius 2 is 1.88 bits per heavy atom. The lowest BCUT2D eigenvalue weighted by Crippen LogP contribution is -2.21. The highest BCUT2D eigenvalue weighted by Crippen LogP contribution is 2.21. The summed E-state index contributed by atoms with van der Waals surface area (Å²) in [5.74, 6) is -0.239. The Morgan fingerprint density at radius 1 is 1.19 bits per heavy atom. The van der Waals surface area contributed by atoms with Crippen LogP contribution in [0.3, 0.4) is 0 Å². The molecule has 4 nitrogen and oxygen atoms in total. The van der Waals surface area contributed by atoms with E-state index in [0.29, 0.717) is 30.2 Å². The third kappa shape index (κ3) is 8.08. The Bertz CT molecular complexity index is 976. The van der Waals surface area contributed by atoms with E-state index in [9.17, 15) is 4.39 Å². The van der Waals surface area contributed by atoms with Crippen molar-refractivity contribution in [1.82, 2.24) is 5.32 Å². The molecule has 3 N–H and O–H groups in total. The van der Waals surface area contributed by atoms with Crippen molar-refractivity contribution in [1.29, 1.82) is 0 Å². The molecule has 0 unspecified atom stereocenters. The number of hydrogen-bond donors (Lipinski definition) is 2. The molecule has 2 aromatic carbocycles. The summed E-state index contributed by atoms with van der Waals surface area (Å²) in [4.78, 5) is 6.32. The van der Waals surface area contributed by atoms with Gasteiger partial charge in [0, 0.05) is 36.4 Å². The first kappa shape index (κ1) is 25.0. The molecule has 32 heavy (non-hydrogen) atoms. The average Bonchev–Trinajstić information content (AvgIpc) is 2.81. The average molecular weight is 453 g/mol. The molecule has 0 saturated carbocycles. The molecule has 0 fully saturated rings. The summed E-state index contributed by atoms with van der Waals surface area (Å²) >= 11 is 6.07. The summed E-state index contributed by atoms with van der Waals surface area (Å²) in [6.45, 7) is 10.7. The van der Waals surface area contributed by atoms with Crippen molar-refractivity contribution in [3.63, 3.8) is 0 Å². The predicted molar refractivity (Wildman–Crippen MR) is 135 cm³/mol. The van der Waals surface area contributed by atoms with Crippen LogP contribution in [0.4, 0.5) is 10.1 Å². The van der Waals surface area contributed by atoms with Crippen LogP contribution in [0.15, 0.2) is 102 Å². The van der Waals surface area contributed by atoms with Crippen molar-refractivity contribution in [3.05, 3.63) is 113 Å². The first-order valence-electron chi connectivity index (χ1n) is 10.4. The number of halogens is 2. The zero-order valence-electron chi connectivity index (χ0n) is 18.4. The van der Waals surface area contributed by atoms with E-state index in [2.05, 4.69) is 28.5 Å². The van der Waals surface area contributed by atoms with Crippen molar-refractivity contribution in [2.75, 3.05) is 18.0 Å². The third-order valence-corrected chi connectivity index (χ3v) is 5.03. The zero-order chi connectivity index (χ0) is 23.3. The van der Waals surface area contributed by atoms with Crippen molar-refractivity contribution >= 4 is 24.0 Å². The van der Waals surface area contributed by atoms with Crippen LogP contribution in [0.2, 0.25) is 5.02 Å². The first-order chi connectivity index (χ1) is 15.5. The molecule has 0 bridgehead atoms. The summed E-state index contributed by atoms with van der Waals surface area (Å²) in [6, 6.07) is 14.2. The molecule has 168 valence electrons. The second kappa shape index (κ2) is 13.2. The lowest BCUT2D eigenvalue weighted by atomic mass is 10.1. The number of rotatable bonds is 12. The topological polar surface area (TPSA) is 53.6 Å². The van der Waals surface area contributed by atoms with Gasteiger partial charge in [0.25, 0.3) is 0 Å². The fourth-order valence-corrected chi connectivity index (χ4v) is 3.15. The molecular formula is C26H30ClFN4. The summed E-state index contributed by atoms with van der Waals surface area (Å²) in [6.07, 6.45) is 8.81. The SMILES string of the molecule is C=C/C(N)=C(\C=C/C)NCC/C(=C/N(CCc1ccc(F)cc1)c1ccc(Cl)cc1)N=C. The molecule has 0 heterocycles. The Labute approximate surface area is 195 Å². The van der Waals surface area contributed by atoms with Gasteiger partial charge in [0.1, 0.15) is 5.82 Å². The van der Waals surface area contributed by atoms with Crippen molar-refractivity contribution in [2.24, 2.45) is 10.7 Å². The van der Waals surface area contributed by atoms with E-state index in [4.69, 9.17) is 17.3 Å². The van der Waals surface area contributed by atoms with E-state index in [1.165, 1.54) is 12.1 Å². The largest absolute Gasteiger partial charge is 0.397 e. The molecule has 0 radical (unpaired) electrons. The molecule has 2 aromatic rings. The maximum absolute atomic E-state index is 13.2. The van der Waals surface area contributed by atoms with Gasteiger partial charge in [-0.15, -0.1) is 0 Å². The summed E-state index contributed by atoms with van der Waals surface area (Å²) in [5, 5.41) is 3.99. The lowest BCUT2D eigenvalue weighted by Gasteiger charge is -2.22. The second-order valence-corrected chi connectivity index (χ2v) is 7.51. The Kier molecular flexibility index (Phi) is 10.3. The van der Waals surface area contributed by atoms with Crippen LogP contribution < -0.4 is 16.0 Å². The number of allylic oxidation sites excluding steroid dienone is 3. The standard InChI is InChI=1S/C26H30ClFN4/c1-4-6-26(25(29)5-2)31-17-15-23(30-3)19-32(24-13-9-21(27)10-14-24)18-16-20-7-11-22(28)12-8-20/h4-14,19,31H,2-3,15-18,29H2,1H3/b6-4-,23-19-,26-25-. The maximum atomic E-state index is 13.2. The highest BCUT2D eigenvalue weighted by Gasteiger charge is 2.08. The lowest BCUT2D eigenvalue weighted by molar-refractivity contribution is 0.627. The second-order valence-electron chi connectivity index (χ2n) is 7.07. The monoisotopic (exact) mass is 452 g/mol. The molecule has 6 heteroatoms. The van der Waals surface area contributed by atoms with Crippen molar-refractivity contribution < 1.29 is 4.39 Å². The molecule has 0 aromatic heterocycles. The minimum absolute atomic E-state index is 0.239. The summed E-state index contributed by atoms with van der Waals surface area (Å²) in [7, 11) is 0. The van der Waals surface area contributed by atoms with Crippen LogP contribution in [0.5, 0.6) is 0 Å². The van der Waals surface area contributed by atoms with Gasteiger partial charge < -0.3 is 16.0 Å². The minimum atomic E-state index is -0.239. The van der Waals surface area contributed by atoms with Crippen LogP contribution in [-0.4, -0.2) is 19.8 Å². The third-order valence-electron chi connectivity index (χ3n) is 4.78. The minimum Gasteiger partial charge on any atom is -0.397 e. The van der Waals surface area contributed by atoms with Gasteiger partial charge in [0.15, 0.2) is 0 Å². The van der Waals surface area contributed by atoms with Crippen LogP contribution in [0.1, 0.15) is 18.9 Å². The van der Waals surface area contributed by atoms with E-state index in [0.717, 1.165) is 29.1 Å². The zero-order valence-corrected chi connectivity index (χ0v) is 19.2.